The Morgan fingerprint density at radius 1 is 0.969 bits per heavy atom. The van der Waals surface area contributed by atoms with Gasteiger partial charge in [-0.2, -0.15) is 5.01 Å². The number of amides is 3. The van der Waals surface area contributed by atoms with Crippen LogP contribution in [0.4, 0.5) is 0 Å². The van der Waals surface area contributed by atoms with Gasteiger partial charge in [0.25, 0.3) is 11.8 Å². The summed E-state index contributed by atoms with van der Waals surface area (Å²) in [6.45, 7) is 2.06. The second kappa shape index (κ2) is 8.02. The molecule has 0 saturated carbocycles. The van der Waals surface area contributed by atoms with E-state index in [2.05, 4.69) is 34.4 Å². The van der Waals surface area contributed by atoms with Crippen LogP contribution in [0, 0.1) is 5.92 Å². The topological polar surface area (TPSA) is 66.5 Å². The molecule has 2 aliphatic rings. The van der Waals surface area contributed by atoms with Gasteiger partial charge in [0, 0.05) is 9.86 Å². The molecule has 1 aliphatic heterocycles. The Morgan fingerprint density at radius 3 is 2.22 bits per heavy atom. The average molecular weight is 489 g/mol. The normalized spacial score (nSPS) is 20.3. The maximum atomic E-state index is 13.4. The van der Waals surface area contributed by atoms with Crippen LogP contribution in [0.5, 0.6) is 0 Å². The second-order valence-corrected chi connectivity index (χ2v) is 9.30. The Kier molecular flexibility index (Phi) is 5.18. The Balaban J connectivity index is 1.45. The van der Waals surface area contributed by atoms with Crippen LogP contribution in [0.1, 0.15) is 52.0 Å². The molecule has 1 aliphatic carbocycles. The van der Waals surface area contributed by atoms with E-state index in [4.69, 9.17) is 0 Å². The van der Waals surface area contributed by atoms with Gasteiger partial charge in [-0.3, -0.25) is 19.8 Å². The molecule has 5 nitrogen and oxygen atoms in total. The van der Waals surface area contributed by atoms with Crippen molar-refractivity contribution >= 4 is 44.4 Å². The Hall–Kier alpha value is -3.25. The molecular weight excluding hydrogens is 468 g/mol. The summed E-state index contributed by atoms with van der Waals surface area (Å²) in [6.07, 6.45) is 3.38. The van der Waals surface area contributed by atoms with Gasteiger partial charge in [-0.25, -0.2) is 0 Å². The fourth-order valence-electron chi connectivity index (χ4n) is 4.74. The van der Waals surface area contributed by atoms with Crippen molar-refractivity contribution in [1.29, 1.82) is 0 Å². The van der Waals surface area contributed by atoms with Crippen molar-refractivity contribution in [2.24, 2.45) is 5.92 Å². The van der Waals surface area contributed by atoms with Crippen molar-refractivity contribution in [1.82, 2.24) is 10.4 Å². The smallest absolute Gasteiger partial charge is 0.273 e. The van der Waals surface area contributed by atoms with E-state index in [1.54, 1.807) is 24.3 Å². The maximum absolute atomic E-state index is 13.4. The number of benzene rings is 3. The minimum Gasteiger partial charge on any atom is -0.273 e. The molecule has 0 spiro atoms. The number of carbonyl (C=O) groups excluding carboxylic acids is 3. The third kappa shape index (κ3) is 3.45. The molecule has 0 unspecified atom stereocenters. The number of halogens is 1. The lowest BCUT2D eigenvalue weighted by molar-refractivity contribution is -0.129. The highest BCUT2D eigenvalue weighted by molar-refractivity contribution is 9.10. The van der Waals surface area contributed by atoms with Crippen LogP contribution in [0.3, 0.4) is 0 Å². The van der Waals surface area contributed by atoms with E-state index in [-0.39, 0.29) is 17.7 Å². The lowest BCUT2D eigenvalue weighted by atomic mass is 9.75. The highest BCUT2D eigenvalue weighted by Crippen LogP contribution is 2.38. The number of nitrogens with zero attached hydrogens (tertiary/aromatic N) is 1. The lowest BCUT2D eigenvalue weighted by Crippen LogP contribution is -2.53. The molecule has 0 radical (unpaired) electrons. The van der Waals surface area contributed by atoms with Crippen molar-refractivity contribution < 1.29 is 14.4 Å². The highest BCUT2D eigenvalue weighted by Gasteiger charge is 2.38. The molecule has 5 rings (SSSR count). The van der Waals surface area contributed by atoms with Gasteiger partial charge in [-0.15, -0.1) is 0 Å². The summed E-state index contributed by atoms with van der Waals surface area (Å²) >= 11 is 3.46. The van der Waals surface area contributed by atoms with E-state index < -0.39 is 11.8 Å². The predicted molar refractivity (Wildman–Crippen MR) is 126 cm³/mol. The van der Waals surface area contributed by atoms with E-state index in [0.29, 0.717) is 22.9 Å². The van der Waals surface area contributed by atoms with Crippen molar-refractivity contribution in [2.45, 2.75) is 25.7 Å². The molecule has 0 aromatic heterocycles. The van der Waals surface area contributed by atoms with Crippen LogP contribution in [0.2, 0.25) is 0 Å². The van der Waals surface area contributed by atoms with Gasteiger partial charge in [0.15, 0.2) is 0 Å². The van der Waals surface area contributed by atoms with Gasteiger partial charge in [0.05, 0.1) is 17.0 Å². The molecule has 3 amide bonds. The van der Waals surface area contributed by atoms with Crippen LogP contribution < -0.4 is 5.43 Å². The fraction of sp³-hybridized carbons (Fsp3) is 0.192. The molecule has 0 fully saturated rings. The van der Waals surface area contributed by atoms with Gasteiger partial charge in [-0.1, -0.05) is 64.0 Å². The number of carbonyl (C=O) groups is 3. The molecule has 1 heterocycles. The minimum absolute atomic E-state index is 0.0289. The predicted octanol–water partition coefficient (Wildman–Crippen LogP) is 5.37. The van der Waals surface area contributed by atoms with Crippen molar-refractivity contribution in [2.75, 3.05) is 0 Å². The second-order valence-electron chi connectivity index (χ2n) is 8.39. The maximum Gasteiger partial charge on any atom is 0.280 e. The summed E-state index contributed by atoms with van der Waals surface area (Å²) in [4.78, 5) is 39.7. The Labute approximate surface area is 194 Å². The molecule has 32 heavy (non-hydrogen) atoms. The number of allylic oxidation sites excluding steroid dienone is 2. The first kappa shape index (κ1) is 20.6. The molecule has 1 N–H and O–H groups in total. The van der Waals surface area contributed by atoms with E-state index in [1.165, 1.54) is 5.57 Å². The number of hydrogen-bond donors (Lipinski definition) is 1. The first-order chi connectivity index (χ1) is 15.4. The van der Waals surface area contributed by atoms with Gasteiger partial charge < -0.3 is 0 Å². The first-order valence-corrected chi connectivity index (χ1v) is 11.4. The fourth-order valence-corrected chi connectivity index (χ4v) is 5.00. The van der Waals surface area contributed by atoms with Crippen molar-refractivity contribution in [3.05, 3.63) is 93.5 Å². The minimum atomic E-state index is -0.504. The molecule has 2 atom stereocenters. The molecule has 160 valence electrons. The summed E-state index contributed by atoms with van der Waals surface area (Å²) in [5, 5.41) is 2.35. The largest absolute Gasteiger partial charge is 0.280 e. The van der Waals surface area contributed by atoms with Crippen LogP contribution >= 0.6 is 15.9 Å². The third-order valence-electron chi connectivity index (χ3n) is 6.38. The van der Waals surface area contributed by atoms with Crippen molar-refractivity contribution in [3.8, 4) is 0 Å². The van der Waals surface area contributed by atoms with E-state index >= 15 is 0 Å². The number of hydrazine groups is 1. The number of rotatable bonds is 3. The van der Waals surface area contributed by atoms with E-state index in [1.807, 2.05) is 36.4 Å². The summed E-state index contributed by atoms with van der Waals surface area (Å²) in [7, 11) is 0. The van der Waals surface area contributed by atoms with Gasteiger partial charge in [-0.05, 0) is 60.9 Å². The SMILES string of the molecule is CC1=CC[C@H](C(=O)NN2C(=O)c3cccc4cccc(c34)C2=O)[C@@H](c2ccc(Br)cc2)C1. The highest BCUT2D eigenvalue weighted by atomic mass is 79.9. The standard InChI is InChI=1S/C26H21BrN2O3/c1-15-8-13-19(22(14-15)16-9-11-18(27)12-10-16)24(30)28-29-25(31)20-6-2-4-17-5-3-7-21(23(17)20)26(29)32/h2-12,19,22H,13-14H2,1H3,(H,28,30)/t19-,22+/m0/s1. The molecule has 3 aromatic rings. The lowest BCUT2D eigenvalue weighted by Gasteiger charge is -2.33. The summed E-state index contributed by atoms with van der Waals surface area (Å²) in [6, 6.07) is 18.7. The quantitative estimate of drug-likeness (QED) is 0.398. The Morgan fingerprint density at radius 2 is 1.59 bits per heavy atom. The van der Waals surface area contributed by atoms with Crippen LogP contribution in [0.15, 0.2) is 76.8 Å². The summed E-state index contributed by atoms with van der Waals surface area (Å²) in [5.74, 6) is -1.74. The third-order valence-corrected chi connectivity index (χ3v) is 6.91. The summed E-state index contributed by atoms with van der Waals surface area (Å²) in [5.41, 5.74) is 5.78. The number of hydrogen-bond acceptors (Lipinski definition) is 3. The molecule has 6 heteroatoms. The molecule has 0 saturated heterocycles. The zero-order valence-electron chi connectivity index (χ0n) is 17.5. The first-order valence-electron chi connectivity index (χ1n) is 10.6. The van der Waals surface area contributed by atoms with Gasteiger partial charge >= 0.3 is 0 Å². The zero-order valence-corrected chi connectivity index (χ0v) is 19.1. The van der Waals surface area contributed by atoms with E-state index in [0.717, 1.165) is 26.9 Å². The number of imide groups is 1. The number of nitrogens with one attached hydrogen (secondary N) is 1. The molecule has 3 aromatic carbocycles. The van der Waals surface area contributed by atoms with Crippen LogP contribution in [-0.4, -0.2) is 22.7 Å². The zero-order chi connectivity index (χ0) is 22.4. The van der Waals surface area contributed by atoms with E-state index in [9.17, 15) is 14.4 Å². The average Bonchev–Trinajstić information content (AvgIpc) is 2.80. The summed E-state index contributed by atoms with van der Waals surface area (Å²) < 4.78 is 0.975. The Bertz CT molecular complexity index is 1250. The van der Waals surface area contributed by atoms with Crippen LogP contribution in [0.25, 0.3) is 10.8 Å². The van der Waals surface area contributed by atoms with Gasteiger partial charge in [0.2, 0.25) is 5.91 Å². The van der Waals surface area contributed by atoms with Crippen LogP contribution in [-0.2, 0) is 4.79 Å². The molecule has 0 bridgehead atoms. The molecular formula is C26H21BrN2O3. The monoisotopic (exact) mass is 488 g/mol. The van der Waals surface area contributed by atoms with Crippen molar-refractivity contribution in [3.63, 3.8) is 0 Å². The van der Waals surface area contributed by atoms with Gasteiger partial charge in [0.1, 0.15) is 0 Å².